The first-order chi connectivity index (χ1) is 12.8. The van der Waals surface area contributed by atoms with E-state index in [1.165, 1.54) is 0 Å². The van der Waals surface area contributed by atoms with Gasteiger partial charge in [0.05, 0.1) is 13.7 Å². The van der Waals surface area contributed by atoms with Gasteiger partial charge in [0.1, 0.15) is 12.3 Å². The number of carbonyl (C=O) groups excluding carboxylic acids is 1. The summed E-state index contributed by atoms with van der Waals surface area (Å²) in [4.78, 5) is 16.2. The van der Waals surface area contributed by atoms with Crippen LogP contribution in [0.15, 0.2) is 29.3 Å². The van der Waals surface area contributed by atoms with Gasteiger partial charge in [-0.3, -0.25) is 4.79 Å². The second kappa shape index (κ2) is 14.4. The summed E-state index contributed by atoms with van der Waals surface area (Å²) in [6.07, 6.45) is 0.842. The molecule has 1 rings (SSSR count). The molecule has 160 valence electrons. The van der Waals surface area contributed by atoms with Gasteiger partial charge in [0, 0.05) is 25.2 Å². The summed E-state index contributed by atoms with van der Waals surface area (Å²) >= 11 is 0. The predicted molar refractivity (Wildman–Crippen MR) is 125 cm³/mol. The molecule has 1 aromatic rings. The van der Waals surface area contributed by atoms with Crippen LogP contribution in [0.2, 0.25) is 0 Å². The number of amides is 1. The fraction of sp³-hybridized carbons (Fsp3) is 0.600. The number of ether oxygens (including phenoxy) is 2. The van der Waals surface area contributed by atoms with Gasteiger partial charge in [0.25, 0.3) is 0 Å². The van der Waals surface area contributed by atoms with Gasteiger partial charge in [-0.1, -0.05) is 12.1 Å². The lowest BCUT2D eigenvalue weighted by Crippen LogP contribution is -2.43. The number of carbonyl (C=O) groups is 1. The Kier molecular flexibility index (Phi) is 13.6. The lowest BCUT2D eigenvalue weighted by Gasteiger charge is -2.20. The second-order valence-electron chi connectivity index (χ2n) is 7.17. The van der Waals surface area contributed by atoms with Gasteiger partial charge in [-0.15, -0.1) is 24.0 Å². The Morgan fingerprint density at radius 3 is 2.39 bits per heavy atom. The maximum Gasteiger partial charge on any atom is 0.242 e. The molecule has 1 amide bonds. The molecule has 0 aliphatic carbocycles. The molecule has 0 aromatic heterocycles. The van der Waals surface area contributed by atoms with Crippen molar-refractivity contribution in [2.45, 2.75) is 46.3 Å². The van der Waals surface area contributed by atoms with E-state index >= 15 is 0 Å². The van der Waals surface area contributed by atoms with E-state index in [1.807, 2.05) is 52.0 Å². The Hall–Kier alpha value is -1.55. The number of aliphatic imine (C=N–C) groups is 1. The van der Waals surface area contributed by atoms with Gasteiger partial charge in [-0.25, -0.2) is 4.99 Å². The summed E-state index contributed by atoms with van der Waals surface area (Å²) < 4.78 is 10.8. The molecular formula is C20H35IN4O3. The number of guanidine groups is 1. The van der Waals surface area contributed by atoms with Crippen LogP contribution in [-0.4, -0.2) is 50.8 Å². The Morgan fingerprint density at radius 2 is 1.82 bits per heavy atom. The first-order valence-corrected chi connectivity index (χ1v) is 9.38. The van der Waals surface area contributed by atoms with Crippen LogP contribution in [0, 0.1) is 0 Å². The van der Waals surface area contributed by atoms with Crippen LogP contribution < -0.4 is 20.7 Å². The van der Waals surface area contributed by atoms with E-state index in [2.05, 4.69) is 20.9 Å². The molecule has 1 aromatic carbocycles. The van der Waals surface area contributed by atoms with Crippen molar-refractivity contribution in [1.29, 1.82) is 0 Å². The summed E-state index contributed by atoms with van der Waals surface area (Å²) in [5.41, 5.74) is 0.864. The van der Waals surface area contributed by atoms with Crippen LogP contribution in [0.3, 0.4) is 0 Å². The number of halogens is 1. The summed E-state index contributed by atoms with van der Waals surface area (Å²) in [7, 11) is 1.65. The second-order valence-corrected chi connectivity index (χ2v) is 7.17. The van der Waals surface area contributed by atoms with Crippen LogP contribution in [0.25, 0.3) is 0 Å². The average molecular weight is 506 g/mol. The highest BCUT2D eigenvalue weighted by Crippen LogP contribution is 2.11. The summed E-state index contributed by atoms with van der Waals surface area (Å²) in [6.45, 7) is 10.6. The van der Waals surface area contributed by atoms with Crippen LogP contribution in [0.4, 0.5) is 0 Å². The first kappa shape index (κ1) is 26.4. The van der Waals surface area contributed by atoms with Gasteiger partial charge in [0.2, 0.25) is 5.91 Å². The fourth-order valence-corrected chi connectivity index (χ4v) is 2.24. The van der Waals surface area contributed by atoms with Crippen LogP contribution in [0.1, 0.15) is 39.7 Å². The highest BCUT2D eigenvalue weighted by molar-refractivity contribution is 14.0. The number of nitrogens with zero attached hydrogens (tertiary/aromatic N) is 1. The third kappa shape index (κ3) is 12.8. The van der Waals surface area contributed by atoms with Crippen molar-refractivity contribution >= 4 is 35.8 Å². The number of benzene rings is 1. The molecule has 0 radical (unpaired) electrons. The van der Waals surface area contributed by atoms with Crippen molar-refractivity contribution in [2.75, 3.05) is 33.4 Å². The molecule has 0 spiro atoms. The van der Waals surface area contributed by atoms with E-state index in [1.54, 1.807) is 7.11 Å². The number of methoxy groups -OCH3 is 1. The largest absolute Gasteiger partial charge is 0.497 e. The molecule has 0 atom stereocenters. The van der Waals surface area contributed by atoms with Crippen molar-refractivity contribution < 1.29 is 14.3 Å². The number of hydrogen-bond donors (Lipinski definition) is 3. The lowest BCUT2D eigenvalue weighted by molar-refractivity contribution is -0.121. The third-order valence-electron chi connectivity index (χ3n) is 3.43. The topological polar surface area (TPSA) is 84.0 Å². The standard InChI is InChI=1S/C20H34N4O3.HI/c1-6-21-19(23-14-18(25)24-20(2,3)4)22-12-7-13-27-15-16-8-10-17(26-5)11-9-16;/h8-11H,6-7,12-15H2,1-5H3,(H,24,25)(H2,21,22,23);1H. The summed E-state index contributed by atoms with van der Waals surface area (Å²) in [6, 6.07) is 7.84. The maximum atomic E-state index is 11.9. The minimum atomic E-state index is -0.250. The average Bonchev–Trinajstić information content (AvgIpc) is 2.61. The fourth-order valence-electron chi connectivity index (χ4n) is 2.24. The molecule has 7 nitrogen and oxygen atoms in total. The Morgan fingerprint density at radius 1 is 1.14 bits per heavy atom. The van der Waals surface area contributed by atoms with Crippen molar-refractivity contribution in [3.8, 4) is 5.75 Å². The van der Waals surface area contributed by atoms with Gasteiger partial charge < -0.3 is 25.4 Å². The van der Waals surface area contributed by atoms with Crippen LogP contribution >= 0.6 is 24.0 Å². The van der Waals surface area contributed by atoms with E-state index in [4.69, 9.17) is 9.47 Å². The molecule has 0 fully saturated rings. The Bertz CT molecular complexity index is 586. The molecule has 3 N–H and O–H groups in total. The van der Waals surface area contributed by atoms with Crippen molar-refractivity contribution in [3.05, 3.63) is 29.8 Å². The smallest absolute Gasteiger partial charge is 0.242 e. The molecule has 0 saturated heterocycles. The molecule has 0 saturated carbocycles. The van der Waals surface area contributed by atoms with Crippen molar-refractivity contribution in [2.24, 2.45) is 4.99 Å². The van der Waals surface area contributed by atoms with E-state index in [9.17, 15) is 4.79 Å². The lowest BCUT2D eigenvalue weighted by atomic mass is 10.1. The number of nitrogens with one attached hydrogen (secondary N) is 3. The van der Waals surface area contributed by atoms with Crippen molar-refractivity contribution in [3.63, 3.8) is 0 Å². The zero-order valence-electron chi connectivity index (χ0n) is 17.6. The highest BCUT2D eigenvalue weighted by atomic mass is 127. The van der Waals surface area contributed by atoms with Gasteiger partial charge in [0.15, 0.2) is 5.96 Å². The molecule has 0 unspecified atom stereocenters. The Labute approximate surface area is 186 Å². The van der Waals surface area contributed by atoms with E-state index < -0.39 is 0 Å². The normalized spacial score (nSPS) is 11.4. The molecule has 0 bridgehead atoms. The molecule has 0 aliphatic rings. The summed E-state index contributed by atoms with van der Waals surface area (Å²) in [5.74, 6) is 1.38. The van der Waals surface area contributed by atoms with Gasteiger partial charge in [-0.2, -0.15) is 0 Å². The van der Waals surface area contributed by atoms with Gasteiger partial charge in [-0.05, 0) is 51.8 Å². The van der Waals surface area contributed by atoms with E-state index in [-0.39, 0.29) is 42.0 Å². The molecule has 8 heteroatoms. The first-order valence-electron chi connectivity index (χ1n) is 9.38. The van der Waals surface area contributed by atoms with Crippen LogP contribution in [0.5, 0.6) is 5.75 Å². The minimum absolute atomic E-state index is 0. The van der Waals surface area contributed by atoms with Crippen molar-refractivity contribution in [1.82, 2.24) is 16.0 Å². The van der Waals surface area contributed by atoms with E-state index in [0.717, 1.165) is 30.8 Å². The van der Waals surface area contributed by atoms with E-state index in [0.29, 0.717) is 19.2 Å². The Balaban J connectivity index is 0.00000729. The molecular weight excluding hydrogens is 471 g/mol. The SMILES string of the molecule is CCNC(=NCC(=O)NC(C)(C)C)NCCCOCc1ccc(OC)cc1.I. The highest BCUT2D eigenvalue weighted by Gasteiger charge is 2.13. The number of hydrogen-bond acceptors (Lipinski definition) is 4. The van der Waals surface area contributed by atoms with Crippen LogP contribution in [-0.2, 0) is 16.1 Å². The van der Waals surface area contributed by atoms with Gasteiger partial charge >= 0.3 is 0 Å². The molecule has 0 aliphatic heterocycles. The zero-order chi connectivity index (χ0) is 20.1. The maximum absolute atomic E-state index is 11.9. The number of rotatable bonds is 10. The minimum Gasteiger partial charge on any atom is -0.497 e. The zero-order valence-corrected chi connectivity index (χ0v) is 20.0. The summed E-state index contributed by atoms with van der Waals surface area (Å²) in [5, 5.41) is 9.24. The quantitative estimate of drug-likeness (QED) is 0.197. The third-order valence-corrected chi connectivity index (χ3v) is 3.43. The predicted octanol–water partition coefficient (Wildman–Crippen LogP) is 2.69. The molecule has 0 heterocycles. The molecule has 28 heavy (non-hydrogen) atoms. The monoisotopic (exact) mass is 506 g/mol.